The summed E-state index contributed by atoms with van der Waals surface area (Å²) in [5, 5.41) is 8.49. The van der Waals surface area contributed by atoms with Crippen molar-refractivity contribution in [2.24, 2.45) is 5.92 Å². The van der Waals surface area contributed by atoms with Gasteiger partial charge < -0.3 is 9.84 Å². The molecule has 0 bridgehead atoms. The third-order valence-corrected chi connectivity index (χ3v) is 2.10. The van der Waals surface area contributed by atoms with E-state index in [9.17, 15) is 4.79 Å². The molecule has 1 rings (SSSR count). The van der Waals surface area contributed by atoms with Gasteiger partial charge in [0.2, 0.25) is 0 Å². The Morgan fingerprint density at radius 3 is 3.00 bits per heavy atom. The van der Waals surface area contributed by atoms with Crippen LogP contribution in [0.1, 0.15) is 26.2 Å². The molecular formula is C8H14O3. The molecule has 0 amide bonds. The average Bonchev–Trinajstić information content (AvgIpc) is 2.35. The number of hydrogen-bond acceptors (Lipinski definition) is 2. The van der Waals surface area contributed by atoms with E-state index in [1.165, 1.54) is 0 Å². The molecule has 1 saturated heterocycles. The van der Waals surface area contributed by atoms with E-state index in [1.54, 1.807) is 0 Å². The summed E-state index contributed by atoms with van der Waals surface area (Å²) in [5.41, 5.74) is 0. The molecule has 0 spiro atoms. The number of carboxylic acids is 1. The topological polar surface area (TPSA) is 46.5 Å². The van der Waals surface area contributed by atoms with Gasteiger partial charge in [0, 0.05) is 6.61 Å². The summed E-state index contributed by atoms with van der Waals surface area (Å²) in [4.78, 5) is 10.3. The Hall–Kier alpha value is -0.570. The molecule has 0 aromatic rings. The normalized spacial score (nSPS) is 26.8. The van der Waals surface area contributed by atoms with Crippen LogP contribution in [0.15, 0.2) is 0 Å². The molecule has 64 valence electrons. The molecule has 0 unspecified atom stereocenters. The molecule has 2 atom stereocenters. The zero-order chi connectivity index (χ0) is 8.27. The molecular weight excluding hydrogens is 144 g/mol. The average molecular weight is 158 g/mol. The maximum absolute atomic E-state index is 10.3. The Balaban J connectivity index is 2.28. The molecule has 1 heterocycles. The molecule has 1 aliphatic rings. The van der Waals surface area contributed by atoms with Crippen molar-refractivity contribution in [3.63, 3.8) is 0 Å². The molecule has 11 heavy (non-hydrogen) atoms. The van der Waals surface area contributed by atoms with Crippen molar-refractivity contribution in [3.8, 4) is 0 Å². The Morgan fingerprint density at radius 2 is 2.55 bits per heavy atom. The molecule has 0 saturated carbocycles. The van der Waals surface area contributed by atoms with Gasteiger partial charge in [-0.2, -0.15) is 0 Å². The SMILES string of the molecule is C[C@H](CC(=O)O)[C@H]1CCCO1. The van der Waals surface area contributed by atoms with Crippen LogP contribution < -0.4 is 0 Å². The van der Waals surface area contributed by atoms with E-state index in [0.29, 0.717) is 0 Å². The summed E-state index contributed by atoms with van der Waals surface area (Å²) in [5.74, 6) is -0.567. The van der Waals surface area contributed by atoms with E-state index >= 15 is 0 Å². The van der Waals surface area contributed by atoms with Crippen LogP contribution in [0.5, 0.6) is 0 Å². The molecule has 0 aromatic heterocycles. The third kappa shape index (κ3) is 2.50. The van der Waals surface area contributed by atoms with Crippen LogP contribution in [0.3, 0.4) is 0 Å². The Labute approximate surface area is 66.4 Å². The van der Waals surface area contributed by atoms with Crippen LogP contribution in [0.2, 0.25) is 0 Å². The zero-order valence-electron chi connectivity index (χ0n) is 6.75. The van der Waals surface area contributed by atoms with Gasteiger partial charge in [0.15, 0.2) is 0 Å². The first-order valence-corrected chi connectivity index (χ1v) is 4.03. The van der Waals surface area contributed by atoms with Crippen LogP contribution in [0.25, 0.3) is 0 Å². The Bertz CT molecular complexity index is 138. The summed E-state index contributed by atoms with van der Waals surface area (Å²) in [7, 11) is 0. The fourth-order valence-corrected chi connectivity index (χ4v) is 1.46. The molecule has 0 aliphatic carbocycles. The molecule has 1 N–H and O–H groups in total. The van der Waals surface area contributed by atoms with Crippen molar-refractivity contribution in [1.29, 1.82) is 0 Å². The number of rotatable bonds is 3. The molecule has 0 radical (unpaired) electrons. The van der Waals surface area contributed by atoms with Crippen molar-refractivity contribution in [1.82, 2.24) is 0 Å². The molecule has 3 nitrogen and oxygen atoms in total. The smallest absolute Gasteiger partial charge is 0.303 e. The third-order valence-electron chi connectivity index (χ3n) is 2.10. The summed E-state index contributed by atoms with van der Waals surface area (Å²) in [6.45, 7) is 2.73. The molecule has 0 aromatic carbocycles. The maximum atomic E-state index is 10.3. The Morgan fingerprint density at radius 1 is 1.82 bits per heavy atom. The van der Waals surface area contributed by atoms with Crippen molar-refractivity contribution >= 4 is 5.97 Å². The van der Waals surface area contributed by atoms with Crippen molar-refractivity contribution < 1.29 is 14.6 Å². The van der Waals surface area contributed by atoms with E-state index < -0.39 is 5.97 Å². The number of aliphatic carboxylic acids is 1. The van der Waals surface area contributed by atoms with E-state index in [-0.39, 0.29) is 18.4 Å². The van der Waals surface area contributed by atoms with Gasteiger partial charge in [-0.25, -0.2) is 0 Å². The molecule has 3 heteroatoms. The number of carbonyl (C=O) groups is 1. The quantitative estimate of drug-likeness (QED) is 0.673. The number of ether oxygens (including phenoxy) is 1. The summed E-state index contributed by atoms with van der Waals surface area (Å²) < 4.78 is 5.35. The highest BCUT2D eigenvalue weighted by atomic mass is 16.5. The highest BCUT2D eigenvalue weighted by Gasteiger charge is 2.23. The first-order valence-electron chi connectivity index (χ1n) is 4.03. The van der Waals surface area contributed by atoms with Gasteiger partial charge in [0.25, 0.3) is 0 Å². The van der Waals surface area contributed by atoms with Crippen molar-refractivity contribution in [2.45, 2.75) is 32.3 Å². The van der Waals surface area contributed by atoms with Gasteiger partial charge in [-0.3, -0.25) is 4.79 Å². The van der Waals surface area contributed by atoms with Crippen molar-refractivity contribution in [2.75, 3.05) is 6.61 Å². The summed E-state index contributed by atoms with van der Waals surface area (Å²) >= 11 is 0. The van der Waals surface area contributed by atoms with E-state index in [4.69, 9.17) is 9.84 Å². The fourth-order valence-electron chi connectivity index (χ4n) is 1.46. The minimum atomic E-state index is -0.729. The van der Waals surface area contributed by atoms with Gasteiger partial charge in [-0.1, -0.05) is 6.92 Å². The second-order valence-corrected chi connectivity index (χ2v) is 3.13. The van der Waals surface area contributed by atoms with Gasteiger partial charge in [0.1, 0.15) is 0 Å². The maximum Gasteiger partial charge on any atom is 0.303 e. The minimum Gasteiger partial charge on any atom is -0.481 e. The van der Waals surface area contributed by atoms with Crippen LogP contribution in [0.4, 0.5) is 0 Å². The standard InChI is InChI=1S/C8H14O3/c1-6(5-8(9)10)7-3-2-4-11-7/h6-7H,2-5H2,1H3,(H,9,10)/t6-,7-/m1/s1. The lowest BCUT2D eigenvalue weighted by Gasteiger charge is -2.15. The highest BCUT2D eigenvalue weighted by Crippen LogP contribution is 2.22. The lowest BCUT2D eigenvalue weighted by Crippen LogP contribution is -2.19. The van der Waals surface area contributed by atoms with Crippen LogP contribution in [-0.2, 0) is 9.53 Å². The predicted octanol–water partition coefficient (Wildman–Crippen LogP) is 1.28. The van der Waals surface area contributed by atoms with E-state index in [0.717, 1.165) is 19.4 Å². The largest absolute Gasteiger partial charge is 0.481 e. The lowest BCUT2D eigenvalue weighted by molar-refractivity contribution is -0.139. The van der Waals surface area contributed by atoms with Gasteiger partial charge in [-0.05, 0) is 18.8 Å². The number of carboxylic acid groups (broad SMARTS) is 1. The van der Waals surface area contributed by atoms with Crippen LogP contribution in [-0.4, -0.2) is 23.8 Å². The van der Waals surface area contributed by atoms with Crippen LogP contribution >= 0.6 is 0 Å². The summed E-state index contributed by atoms with van der Waals surface area (Å²) in [6, 6.07) is 0. The van der Waals surface area contributed by atoms with E-state index in [2.05, 4.69) is 0 Å². The monoisotopic (exact) mass is 158 g/mol. The molecule has 1 aliphatic heterocycles. The lowest BCUT2D eigenvalue weighted by atomic mass is 9.99. The van der Waals surface area contributed by atoms with Crippen molar-refractivity contribution in [3.05, 3.63) is 0 Å². The first kappa shape index (κ1) is 8.53. The van der Waals surface area contributed by atoms with Gasteiger partial charge in [-0.15, -0.1) is 0 Å². The van der Waals surface area contributed by atoms with Crippen LogP contribution in [0, 0.1) is 5.92 Å². The van der Waals surface area contributed by atoms with Gasteiger partial charge in [0.05, 0.1) is 12.5 Å². The number of hydrogen-bond donors (Lipinski definition) is 1. The predicted molar refractivity (Wildman–Crippen MR) is 40.4 cm³/mol. The fraction of sp³-hybridized carbons (Fsp3) is 0.875. The first-order chi connectivity index (χ1) is 5.20. The molecule has 1 fully saturated rings. The highest BCUT2D eigenvalue weighted by molar-refractivity contribution is 5.67. The second-order valence-electron chi connectivity index (χ2n) is 3.13. The minimum absolute atomic E-state index is 0.162. The Kier molecular flexibility index (Phi) is 2.88. The van der Waals surface area contributed by atoms with Gasteiger partial charge >= 0.3 is 5.97 Å². The zero-order valence-corrected chi connectivity index (χ0v) is 6.75. The summed E-state index contributed by atoms with van der Waals surface area (Å²) in [6.07, 6.45) is 2.51. The van der Waals surface area contributed by atoms with E-state index in [1.807, 2.05) is 6.92 Å². The second kappa shape index (κ2) is 3.72.